The van der Waals surface area contributed by atoms with E-state index in [-0.39, 0.29) is 5.76 Å². The molecule has 0 saturated heterocycles. The van der Waals surface area contributed by atoms with E-state index in [1.165, 1.54) is 6.26 Å². The zero-order valence-electron chi connectivity index (χ0n) is 6.32. The maximum Gasteiger partial charge on any atom is 0.128 e. The van der Waals surface area contributed by atoms with Crippen LogP contribution in [0, 0.1) is 0 Å². The highest BCUT2D eigenvalue weighted by molar-refractivity contribution is 5.21. The van der Waals surface area contributed by atoms with Crippen molar-refractivity contribution in [3.63, 3.8) is 0 Å². The van der Waals surface area contributed by atoms with Crippen molar-refractivity contribution in [1.82, 2.24) is 0 Å². The summed E-state index contributed by atoms with van der Waals surface area (Å²) in [7, 11) is 0. The quantitative estimate of drug-likeness (QED) is 0.656. The summed E-state index contributed by atoms with van der Waals surface area (Å²) in [5, 5.41) is 8.75. The lowest BCUT2D eigenvalue weighted by atomic mass is 10.3. The first kappa shape index (κ1) is 7.66. The number of aliphatic hydroxyl groups is 1. The number of aliphatic hydroxyl groups excluding tert-OH is 1. The average Bonchev–Trinajstić information content (AvgIpc) is 2.03. The van der Waals surface area contributed by atoms with Gasteiger partial charge in [-0.3, -0.25) is 0 Å². The van der Waals surface area contributed by atoms with Crippen LogP contribution in [-0.4, -0.2) is 5.11 Å². The van der Waals surface area contributed by atoms with E-state index in [9.17, 15) is 0 Å². The Morgan fingerprint density at radius 3 is 2.55 bits per heavy atom. The Hall–Kier alpha value is -1.44. The van der Waals surface area contributed by atoms with Crippen LogP contribution in [0.15, 0.2) is 42.4 Å². The molecule has 1 aromatic rings. The van der Waals surface area contributed by atoms with Crippen molar-refractivity contribution in [3.8, 4) is 5.75 Å². The molecule has 0 spiro atoms. The van der Waals surface area contributed by atoms with E-state index in [0.29, 0.717) is 0 Å². The van der Waals surface area contributed by atoms with Crippen molar-refractivity contribution in [1.29, 1.82) is 0 Å². The zero-order valence-corrected chi connectivity index (χ0v) is 6.32. The maximum atomic E-state index is 8.75. The lowest BCUT2D eigenvalue weighted by Gasteiger charge is -1.97. The number of allylic oxidation sites excluding steroid dienone is 1. The molecule has 0 aliphatic heterocycles. The largest absolute Gasteiger partial charge is 0.509 e. The van der Waals surface area contributed by atoms with Crippen molar-refractivity contribution in [2.24, 2.45) is 0 Å². The van der Waals surface area contributed by atoms with Gasteiger partial charge in [0.2, 0.25) is 0 Å². The Morgan fingerprint density at radius 1 is 1.36 bits per heavy atom. The van der Waals surface area contributed by atoms with Gasteiger partial charge in [0.05, 0.1) is 0 Å². The van der Waals surface area contributed by atoms with Crippen molar-refractivity contribution in [2.45, 2.75) is 6.92 Å². The molecule has 58 valence electrons. The standard InChI is InChI=1S/C9H10O2/c1-8(10)7-11-9-5-3-2-4-6-9/h2-7,10H,1H3/b8-7-. The molecular weight excluding hydrogens is 140 g/mol. The van der Waals surface area contributed by atoms with E-state index >= 15 is 0 Å². The fourth-order valence-electron chi connectivity index (χ4n) is 0.652. The number of ether oxygens (including phenoxy) is 1. The van der Waals surface area contributed by atoms with Crippen LogP contribution >= 0.6 is 0 Å². The Balaban J connectivity index is 2.59. The van der Waals surface area contributed by atoms with Gasteiger partial charge in [-0.25, -0.2) is 0 Å². The zero-order chi connectivity index (χ0) is 8.10. The maximum absolute atomic E-state index is 8.75. The predicted octanol–water partition coefficient (Wildman–Crippen LogP) is 2.48. The Kier molecular flexibility index (Phi) is 2.55. The van der Waals surface area contributed by atoms with Crippen LogP contribution in [-0.2, 0) is 0 Å². The Morgan fingerprint density at radius 2 is 2.00 bits per heavy atom. The summed E-state index contributed by atoms with van der Waals surface area (Å²) >= 11 is 0. The molecule has 0 atom stereocenters. The van der Waals surface area contributed by atoms with Gasteiger partial charge in [0.15, 0.2) is 0 Å². The van der Waals surface area contributed by atoms with Gasteiger partial charge in [-0.2, -0.15) is 0 Å². The minimum Gasteiger partial charge on any atom is -0.509 e. The molecule has 2 heteroatoms. The van der Waals surface area contributed by atoms with Crippen molar-refractivity contribution in [3.05, 3.63) is 42.4 Å². The van der Waals surface area contributed by atoms with Crippen molar-refractivity contribution < 1.29 is 9.84 Å². The molecular formula is C9H10O2. The van der Waals surface area contributed by atoms with Gasteiger partial charge in [-0.05, 0) is 19.1 Å². The lowest BCUT2D eigenvalue weighted by molar-refractivity contribution is 0.370. The summed E-state index contributed by atoms with van der Waals surface area (Å²) in [5.74, 6) is 0.884. The highest BCUT2D eigenvalue weighted by Crippen LogP contribution is 2.08. The fraction of sp³-hybridized carbons (Fsp3) is 0.111. The number of hydrogen-bond donors (Lipinski definition) is 1. The molecule has 0 radical (unpaired) electrons. The van der Waals surface area contributed by atoms with E-state index in [1.54, 1.807) is 6.92 Å². The summed E-state index contributed by atoms with van der Waals surface area (Å²) in [5.41, 5.74) is 0. The van der Waals surface area contributed by atoms with E-state index < -0.39 is 0 Å². The number of benzene rings is 1. The smallest absolute Gasteiger partial charge is 0.128 e. The normalized spacial score (nSPS) is 11.2. The van der Waals surface area contributed by atoms with E-state index in [4.69, 9.17) is 9.84 Å². The van der Waals surface area contributed by atoms with Gasteiger partial charge in [0.1, 0.15) is 17.8 Å². The first-order valence-corrected chi connectivity index (χ1v) is 3.36. The van der Waals surface area contributed by atoms with Gasteiger partial charge in [0, 0.05) is 0 Å². The molecule has 0 aliphatic rings. The summed E-state index contributed by atoms with van der Waals surface area (Å²) in [4.78, 5) is 0. The van der Waals surface area contributed by atoms with Gasteiger partial charge >= 0.3 is 0 Å². The molecule has 1 N–H and O–H groups in total. The third kappa shape index (κ3) is 2.76. The topological polar surface area (TPSA) is 29.5 Å². The summed E-state index contributed by atoms with van der Waals surface area (Å²) in [6, 6.07) is 9.28. The first-order valence-electron chi connectivity index (χ1n) is 3.36. The van der Waals surface area contributed by atoms with Crippen LogP contribution < -0.4 is 4.74 Å². The molecule has 0 unspecified atom stereocenters. The molecule has 0 bridgehead atoms. The Labute approximate surface area is 65.7 Å². The highest BCUT2D eigenvalue weighted by atomic mass is 16.5. The first-order chi connectivity index (χ1) is 5.29. The molecule has 0 fully saturated rings. The van der Waals surface area contributed by atoms with E-state index in [0.717, 1.165) is 5.75 Å². The molecule has 1 aromatic carbocycles. The second-order valence-electron chi connectivity index (χ2n) is 2.19. The number of hydrogen-bond acceptors (Lipinski definition) is 2. The number of rotatable bonds is 2. The molecule has 0 aliphatic carbocycles. The highest BCUT2D eigenvalue weighted by Gasteiger charge is 1.86. The van der Waals surface area contributed by atoms with Crippen LogP contribution in [0.2, 0.25) is 0 Å². The third-order valence-corrected chi connectivity index (χ3v) is 1.11. The van der Waals surface area contributed by atoms with Gasteiger partial charge in [-0.15, -0.1) is 0 Å². The van der Waals surface area contributed by atoms with Crippen LogP contribution in [0.3, 0.4) is 0 Å². The summed E-state index contributed by atoms with van der Waals surface area (Å²) in [6.07, 6.45) is 1.30. The van der Waals surface area contributed by atoms with E-state index in [2.05, 4.69) is 0 Å². The molecule has 0 saturated carbocycles. The molecule has 1 rings (SSSR count). The monoisotopic (exact) mass is 150 g/mol. The Bertz CT molecular complexity index is 235. The molecule has 0 amide bonds. The molecule has 11 heavy (non-hydrogen) atoms. The molecule has 2 nitrogen and oxygen atoms in total. The summed E-state index contributed by atoms with van der Waals surface area (Å²) in [6.45, 7) is 1.56. The second-order valence-corrected chi connectivity index (χ2v) is 2.19. The minimum atomic E-state index is 0.161. The van der Waals surface area contributed by atoms with Gasteiger partial charge in [0.25, 0.3) is 0 Å². The lowest BCUT2D eigenvalue weighted by Crippen LogP contribution is -1.83. The molecule has 0 heterocycles. The average molecular weight is 150 g/mol. The second kappa shape index (κ2) is 3.66. The third-order valence-electron chi connectivity index (χ3n) is 1.11. The predicted molar refractivity (Wildman–Crippen MR) is 43.5 cm³/mol. The van der Waals surface area contributed by atoms with Crippen LogP contribution in [0.1, 0.15) is 6.92 Å². The van der Waals surface area contributed by atoms with Gasteiger partial charge < -0.3 is 9.84 Å². The summed E-state index contributed by atoms with van der Waals surface area (Å²) < 4.78 is 5.06. The minimum absolute atomic E-state index is 0.161. The van der Waals surface area contributed by atoms with Crippen LogP contribution in [0.5, 0.6) is 5.75 Å². The van der Waals surface area contributed by atoms with Crippen molar-refractivity contribution in [2.75, 3.05) is 0 Å². The number of para-hydroxylation sites is 1. The molecule has 0 aromatic heterocycles. The van der Waals surface area contributed by atoms with Crippen LogP contribution in [0.25, 0.3) is 0 Å². The van der Waals surface area contributed by atoms with Gasteiger partial charge in [-0.1, -0.05) is 18.2 Å². The van der Waals surface area contributed by atoms with Crippen molar-refractivity contribution >= 4 is 0 Å². The SMILES string of the molecule is C/C(O)=C/Oc1ccccc1. The fourth-order valence-corrected chi connectivity index (χ4v) is 0.652. The van der Waals surface area contributed by atoms with E-state index in [1.807, 2.05) is 30.3 Å². The van der Waals surface area contributed by atoms with Crippen LogP contribution in [0.4, 0.5) is 0 Å².